The third kappa shape index (κ3) is 3.72. The van der Waals surface area contributed by atoms with E-state index in [9.17, 15) is 18.0 Å². The summed E-state index contributed by atoms with van der Waals surface area (Å²) in [5, 5.41) is 0. The summed E-state index contributed by atoms with van der Waals surface area (Å²) in [5.41, 5.74) is 5.09. The average Bonchev–Trinajstić information content (AvgIpc) is 3.17. The summed E-state index contributed by atoms with van der Waals surface area (Å²) in [6, 6.07) is 17.4. The van der Waals surface area contributed by atoms with Gasteiger partial charge >= 0.3 is 6.09 Å². The van der Waals surface area contributed by atoms with E-state index in [-0.39, 0.29) is 30.2 Å². The smallest absolute Gasteiger partial charge is 0.410 e. The summed E-state index contributed by atoms with van der Waals surface area (Å²) < 4.78 is 48.0. The largest absolute Gasteiger partial charge is 0.448 e. The van der Waals surface area contributed by atoms with Crippen LogP contribution in [-0.2, 0) is 4.74 Å². The highest BCUT2D eigenvalue weighted by molar-refractivity contribution is 5.79. The van der Waals surface area contributed by atoms with Gasteiger partial charge in [0, 0.05) is 23.6 Å². The van der Waals surface area contributed by atoms with Gasteiger partial charge in [0.2, 0.25) is 0 Å². The van der Waals surface area contributed by atoms with Crippen molar-refractivity contribution < 1.29 is 22.7 Å². The second-order valence-electron chi connectivity index (χ2n) is 9.51. The van der Waals surface area contributed by atoms with Gasteiger partial charge in [0.05, 0.1) is 6.04 Å². The Bertz CT molecular complexity index is 1310. The number of amides is 1. The number of piperidine rings is 1. The van der Waals surface area contributed by atoms with Gasteiger partial charge in [0.25, 0.3) is 0 Å². The summed E-state index contributed by atoms with van der Waals surface area (Å²) in [5.74, 6) is -3.11. The molecule has 1 aliphatic carbocycles. The highest BCUT2D eigenvalue weighted by Gasteiger charge is 2.39. The Kier molecular flexibility index (Phi) is 5.39. The van der Waals surface area contributed by atoms with E-state index in [4.69, 9.17) is 4.74 Å². The molecular formula is C29H24F3NO2. The molecule has 35 heavy (non-hydrogen) atoms. The van der Waals surface area contributed by atoms with Crippen molar-refractivity contribution in [2.75, 3.05) is 6.61 Å². The molecule has 1 fully saturated rings. The lowest BCUT2D eigenvalue weighted by atomic mass is 9.83. The van der Waals surface area contributed by atoms with Gasteiger partial charge in [0.15, 0.2) is 11.6 Å². The van der Waals surface area contributed by atoms with Crippen LogP contribution in [0.2, 0.25) is 0 Å². The first kappa shape index (κ1) is 22.0. The number of benzene rings is 3. The van der Waals surface area contributed by atoms with Gasteiger partial charge in [-0.15, -0.1) is 0 Å². The van der Waals surface area contributed by atoms with E-state index >= 15 is 0 Å². The molecule has 178 valence electrons. The van der Waals surface area contributed by atoms with Crippen LogP contribution in [0.15, 0.2) is 66.7 Å². The van der Waals surface area contributed by atoms with E-state index in [1.54, 1.807) is 11.0 Å². The Hall–Kier alpha value is -3.54. The fourth-order valence-corrected chi connectivity index (χ4v) is 5.97. The number of carbonyl (C=O) groups is 1. The Morgan fingerprint density at radius 2 is 1.60 bits per heavy atom. The molecule has 6 heteroatoms. The van der Waals surface area contributed by atoms with E-state index in [1.807, 2.05) is 24.3 Å². The molecule has 0 aromatic heterocycles. The SMILES string of the molecule is O=C(OCC1c2ccccc2-c2ccccc21)N1C2C=C(c3cc(F)cc(F)c3F)CC1CCC2. The third-order valence-electron chi connectivity index (χ3n) is 7.52. The molecular weight excluding hydrogens is 451 g/mol. The molecule has 3 aromatic rings. The van der Waals surface area contributed by atoms with Crippen LogP contribution < -0.4 is 0 Å². The molecule has 2 unspecified atom stereocenters. The fraction of sp³-hybridized carbons (Fsp3) is 0.276. The molecule has 6 rings (SSSR count). The highest BCUT2D eigenvalue weighted by Crippen LogP contribution is 2.45. The molecule has 2 bridgehead atoms. The van der Waals surface area contributed by atoms with Crippen molar-refractivity contribution in [3.63, 3.8) is 0 Å². The van der Waals surface area contributed by atoms with E-state index in [0.717, 1.165) is 41.2 Å². The maximum absolute atomic E-state index is 14.4. The highest BCUT2D eigenvalue weighted by atomic mass is 19.2. The zero-order chi connectivity index (χ0) is 24.1. The number of hydrogen-bond donors (Lipinski definition) is 0. The normalized spacial score (nSPS) is 20.8. The second-order valence-corrected chi connectivity index (χ2v) is 9.51. The molecule has 3 aromatic carbocycles. The number of hydrogen-bond acceptors (Lipinski definition) is 2. The number of carbonyl (C=O) groups excluding carboxylic acids is 1. The lowest BCUT2D eigenvalue weighted by Gasteiger charge is -2.44. The van der Waals surface area contributed by atoms with E-state index in [2.05, 4.69) is 24.3 Å². The molecule has 2 aliphatic heterocycles. The topological polar surface area (TPSA) is 29.5 Å². The molecule has 3 aliphatic rings. The van der Waals surface area contributed by atoms with Crippen molar-refractivity contribution >= 4 is 11.7 Å². The maximum Gasteiger partial charge on any atom is 0.410 e. The van der Waals surface area contributed by atoms with E-state index in [1.165, 1.54) is 0 Å². The van der Waals surface area contributed by atoms with Crippen molar-refractivity contribution in [2.24, 2.45) is 0 Å². The summed E-state index contributed by atoms with van der Waals surface area (Å²) in [4.78, 5) is 15.0. The molecule has 2 atom stereocenters. The number of nitrogens with zero attached hydrogens (tertiary/aromatic N) is 1. The van der Waals surface area contributed by atoms with Gasteiger partial charge in [0.1, 0.15) is 12.4 Å². The van der Waals surface area contributed by atoms with Crippen molar-refractivity contribution in [2.45, 2.75) is 43.7 Å². The molecule has 0 saturated carbocycles. The Labute approximate surface area is 201 Å². The van der Waals surface area contributed by atoms with Crippen molar-refractivity contribution in [1.29, 1.82) is 0 Å². The number of fused-ring (bicyclic) bond motifs is 5. The average molecular weight is 476 g/mol. The predicted octanol–water partition coefficient (Wildman–Crippen LogP) is 7.06. The molecule has 0 N–H and O–H groups in total. The van der Waals surface area contributed by atoms with Crippen molar-refractivity contribution in [1.82, 2.24) is 4.90 Å². The first-order valence-corrected chi connectivity index (χ1v) is 12.0. The van der Waals surface area contributed by atoms with Crippen LogP contribution in [0.3, 0.4) is 0 Å². The van der Waals surface area contributed by atoms with Crippen molar-refractivity contribution in [3.8, 4) is 11.1 Å². The number of rotatable bonds is 3. The van der Waals surface area contributed by atoms with E-state index in [0.29, 0.717) is 24.5 Å². The summed E-state index contributed by atoms with van der Waals surface area (Å²) in [6.07, 6.45) is 4.06. The summed E-state index contributed by atoms with van der Waals surface area (Å²) >= 11 is 0. The molecule has 1 amide bonds. The standard InChI is InChI=1S/C29H24F3NO2/c30-18-14-25(28(32)27(31)15-18)17-12-19-6-5-7-20(13-17)33(19)29(34)35-16-26-23-10-3-1-8-21(23)22-9-2-4-11-24(22)26/h1-4,8-12,14-15,19-20,26H,5-7,13,16H2. The fourth-order valence-electron chi connectivity index (χ4n) is 5.97. The Morgan fingerprint density at radius 3 is 2.29 bits per heavy atom. The zero-order valence-corrected chi connectivity index (χ0v) is 19.0. The lowest BCUT2D eigenvalue weighted by molar-refractivity contribution is 0.0538. The van der Waals surface area contributed by atoms with Gasteiger partial charge < -0.3 is 4.74 Å². The minimum Gasteiger partial charge on any atom is -0.448 e. The van der Waals surface area contributed by atoms with Gasteiger partial charge in [-0.2, -0.15) is 0 Å². The molecule has 0 radical (unpaired) electrons. The van der Waals surface area contributed by atoms with Gasteiger partial charge in [-0.3, -0.25) is 4.90 Å². The van der Waals surface area contributed by atoms with Crippen LogP contribution in [0.1, 0.15) is 48.3 Å². The Balaban J connectivity index is 1.24. The molecule has 2 heterocycles. The quantitative estimate of drug-likeness (QED) is 0.380. The summed E-state index contributed by atoms with van der Waals surface area (Å²) in [7, 11) is 0. The predicted molar refractivity (Wildman–Crippen MR) is 127 cm³/mol. The van der Waals surface area contributed by atoms with Crippen LogP contribution in [0.5, 0.6) is 0 Å². The first-order chi connectivity index (χ1) is 17.0. The number of halogens is 3. The van der Waals surface area contributed by atoms with Crippen LogP contribution in [0, 0.1) is 17.5 Å². The van der Waals surface area contributed by atoms with Crippen LogP contribution in [-0.4, -0.2) is 29.7 Å². The molecule has 1 saturated heterocycles. The third-order valence-corrected chi connectivity index (χ3v) is 7.52. The van der Waals surface area contributed by atoms with Crippen molar-refractivity contribution in [3.05, 3.63) is 101 Å². The second kappa shape index (κ2) is 8.59. The van der Waals surface area contributed by atoms with Gasteiger partial charge in [-0.05, 0) is 59.6 Å². The van der Waals surface area contributed by atoms with Crippen LogP contribution in [0.25, 0.3) is 16.7 Å². The van der Waals surface area contributed by atoms with Crippen LogP contribution in [0.4, 0.5) is 18.0 Å². The molecule has 3 nitrogen and oxygen atoms in total. The van der Waals surface area contributed by atoms with Crippen LogP contribution >= 0.6 is 0 Å². The van der Waals surface area contributed by atoms with Gasteiger partial charge in [-0.25, -0.2) is 18.0 Å². The Morgan fingerprint density at radius 1 is 0.914 bits per heavy atom. The zero-order valence-electron chi connectivity index (χ0n) is 19.0. The van der Waals surface area contributed by atoms with Gasteiger partial charge in [-0.1, -0.05) is 54.6 Å². The maximum atomic E-state index is 14.4. The number of ether oxygens (including phenoxy) is 1. The molecule has 0 spiro atoms. The first-order valence-electron chi connectivity index (χ1n) is 12.0. The minimum absolute atomic E-state index is 0.0357. The lowest BCUT2D eigenvalue weighted by Crippen LogP contribution is -2.52. The monoisotopic (exact) mass is 475 g/mol. The summed E-state index contributed by atoms with van der Waals surface area (Å²) in [6.45, 7) is 0.225. The van der Waals surface area contributed by atoms with E-state index < -0.39 is 23.5 Å². The minimum atomic E-state index is -1.20.